The van der Waals surface area contributed by atoms with Crippen molar-refractivity contribution in [3.63, 3.8) is 0 Å². The second-order valence-electron chi connectivity index (χ2n) is 9.22. The Morgan fingerprint density at radius 2 is 1.68 bits per heavy atom. The molecule has 0 saturated carbocycles. The quantitative estimate of drug-likeness (QED) is 0.329. The molecule has 0 aliphatic carbocycles. The standard InChI is InChI=1S/C26H23F3N5/c1-25(2,3)23-12-14-33(32-23)18-10-11-21(19(15-18)26(27,28)29)34-22-9-5-4-8-20(22)31-16-17-7-6-13-30-24(17)34/h4-15H,16H2,1-3H3. The number of fused-ring (bicyclic) bond motifs is 2. The summed E-state index contributed by atoms with van der Waals surface area (Å²) in [5.74, 6) is 0.434. The van der Waals surface area contributed by atoms with Crippen LogP contribution < -0.4 is 10.2 Å². The third-order valence-electron chi connectivity index (χ3n) is 5.77. The van der Waals surface area contributed by atoms with Crippen LogP contribution in [-0.2, 0) is 18.1 Å². The van der Waals surface area contributed by atoms with Crippen LogP contribution in [0.3, 0.4) is 0 Å². The third-order valence-corrected chi connectivity index (χ3v) is 5.77. The third kappa shape index (κ3) is 3.89. The molecule has 8 heteroatoms. The molecule has 0 spiro atoms. The molecule has 0 saturated heterocycles. The summed E-state index contributed by atoms with van der Waals surface area (Å²) in [6.07, 6.45) is -1.33. The molecule has 1 aliphatic heterocycles. The molecule has 173 valence electrons. The maximum atomic E-state index is 14.4. The van der Waals surface area contributed by atoms with Crippen molar-refractivity contribution in [3.8, 4) is 5.69 Å². The fraction of sp³-hybridized carbons (Fsp3) is 0.231. The lowest BCUT2D eigenvalue weighted by molar-refractivity contribution is -0.137. The van der Waals surface area contributed by atoms with Gasteiger partial charge in [-0.25, -0.2) is 9.67 Å². The van der Waals surface area contributed by atoms with Crippen molar-refractivity contribution in [1.82, 2.24) is 20.1 Å². The molecule has 5 nitrogen and oxygen atoms in total. The van der Waals surface area contributed by atoms with Gasteiger partial charge in [0.1, 0.15) is 5.82 Å². The van der Waals surface area contributed by atoms with Gasteiger partial charge in [-0.05, 0) is 42.5 Å². The summed E-state index contributed by atoms with van der Waals surface area (Å²) in [6.45, 7) is 6.36. The van der Waals surface area contributed by atoms with Gasteiger partial charge in [0.2, 0.25) is 0 Å². The number of halogens is 3. The van der Waals surface area contributed by atoms with Gasteiger partial charge in [0.15, 0.2) is 0 Å². The number of alkyl halides is 3. The molecule has 2 aromatic carbocycles. The minimum atomic E-state index is -4.60. The van der Waals surface area contributed by atoms with E-state index in [0.29, 0.717) is 29.4 Å². The molecule has 3 heterocycles. The molecule has 1 radical (unpaired) electrons. The minimum absolute atomic E-state index is 0.0102. The Balaban J connectivity index is 1.71. The van der Waals surface area contributed by atoms with Gasteiger partial charge in [0.05, 0.1) is 40.6 Å². The van der Waals surface area contributed by atoms with Crippen molar-refractivity contribution in [2.45, 2.75) is 38.9 Å². The predicted octanol–water partition coefficient (Wildman–Crippen LogP) is 6.80. The Morgan fingerprint density at radius 1 is 0.882 bits per heavy atom. The normalized spacial score (nSPS) is 13.6. The fourth-order valence-corrected chi connectivity index (χ4v) is 4.03. The number of hydrogen-bond donors (Lipinski definition) is 0. The second-order valence-corrected chi connectivity index (χ2v) is 9.22. The van der Waals surface area contributed by atoms with Gasteiger partial charge in [-0.2, -0.15) is 18.3 Å². The van der Waals surface area contributed by atoms with Gasteiger partial charge in [-0.3, -0.25) is 10.2 Å². The van der Waals surface area contributed by atoms with E-state index in [4.69, 9.17) is 0 Å². The molecule has 2 aromatic heterocycles. The number of benzene rings is 2. The first-order chi connectivity index (χ1) is 16.1. The average Bonchev–Trinajstić information content (AvgIpc) is 3.24. The first-order valence-corrected chi connectivity index (χ1v) is 10.9. The largest absolute Gasteiger partial charge is 0.418 e. The molecule has 4 aromatic rings. The van der Waals surface area contributed by atoms with Gasteiger partial charge in [0.25, 0.3) is 0 Å². The molecule has 34 heavy (non-hydrogen) atoms. The van der Waals surface area contributed by atoms with E-state index in [0.717, 1.165) is 17.3 Å². The number of pyridine rings is 1. The van der Waals surface area contributed by atoms with Crippen molar-refractivity contribution in [2.75, 3.05) is 4.90 Å². The van der Waals surface area contributed by atoms with Crippen LogP contribution in [-0.4, -0.2) is 14.8 Å². The van der Waals surface area contributed by atoms with Crippen LogP contribution in [0.25, 0.3) is 5.69 Å². The van der Waals surface area contributed by atoms with Gasteiger partial charge >= 0.3 is 6.18 Å². The molecule has 1 aliphatic rings. The number of para-hydroxylation sites is 2. The van der Waals surface area contributed by atoms with Crippen molar-refractivity contribution in [1.29, 1.82) is 0 Å². The fourth-order valence-electron chi connectivity index (χ4n) is 4.03. The number of anilines is 3. The Bertz CT molecular complexity index is 1300. The van der Waals surface area contributed by atoms with Crippen molar-refractivity contribution >= 4 is 22.9 Å². The van der Waals surface area contributed by atoms with Crippen LogP contribution in [0.1, 0.15) is 37.6 Å². The molecule has 0 amide bonds. The zero-order valence-electron chi connectivity index (χ0n) is 19.0. The van der Waals surface area contributed by atoms with E-state index in [2.05, 4.69) is 15.4 Å². The highest BCUT2D eigenvalue weighted by Crippen LogP contribution is 2.47. The topological polar surface area (TPSA) is 48.1 Å². The van der Waals surface area contributed by atoms with E-state index in [-0.39, 0.29) is 11.1 Å². The van der Waals surface area contributed by atoms with E-state index in [1.165, 1.54) is 10.7 Å². The number of hydrogen-bond acceptors (Lipinski definition) is 3. The smallest absolute Gasteiger partial charge is 0.292 e. The first kappa shape index (κ1) is 22.0. The summed E-state index contributed by atoms with van der Waals surface area (Å²) in [5.41, 5.74) is 2.04. The Morgan fingerprint density at radius 3 is 2.41 bits per heavy atom. The Labute approximate surface area is 195 Å². The van der Waals surface area contributed by atoms with Crippen LogP contribution in [0.2, 0.25) is 0 Å². The molecule has 0 unspecified atom stereocenters. The number of aromatic nitrogens is 3. The lowest BCUT2D eigenvalue weighted by atomic mass is 9.93. The van der Waals surface area contributed by atoms with Crippen molar-refractivity contribution in [3.05, 3.63) is 89.9 Å². The molecular weight excluding hydrogens is 439 g/mol. The van der Waals surface area contributed by atoms with Gasteiger partial charge < -0.3 is 0 Å². The molecule has 5 rings (SSSR count). The highest BCUT2D eigenvalue weighted by atomic mass is 19.4. The summed E-state index contributed by atoms with van der Waals surface area (Å²) in [4.78, 5) is 6.00. The zero-order chi connectivity index (χ0) is 24.1. The van der Waals surface area contributed by atoms with E-state index >= 15 is 0 Å². The van der Waals surface area contributed by atoms with Crippen molar-refractivity contribution in [2.24, 2.45) is 0 Å². The van der Waals surface area contributed by atoms with E-state index < -0.39 is 11.7 Å². The summed E-state index contributed by atoms with van der Waals surface area (Å²) in [6, 6.07) is 16.9. The van der Waals surface area contributed by atoms with Crippen LogP contribution in [0.4, 0.5) is 36.1 Å². The SMILES string of the molecule is CC(C)(C)c1ccn(-c2ccc(N3c4ccccc4[N]Cc4cccnc43)c(C(F)(F)F)c2)n1. The van der Waals surface area contributed by atoms with Crippen LogP contribution in [0.5, 0.6) is 0 Å². The highest BCUT2D eigenvalue weighted by molar-refractivity contribution is 5.85. The van der Waals surface area contributed by atoms with Crippen LogP contribution in [0, 0.1) is 0 Å². The summed E-state index contributed by atoms with van der Waals surface area (Å²) in [5, 5.41) is 9.12. The molecule has 0 bridgehead atoms. The first-order valence-electron chi connectivity index (χ1n) is 10.9. The zero-order valence-corrected chi connectivity index (χ0v) is 19.0. The lowest BCUT2D eigenvalue weighted by Gasteiger charge is -2.28. The Kier molecular flexibility index (Phi) is 5.11. The maximum absolute atomic E-state index is 14.4. The van der Waals surface area contributed by atoms with Crippen LogP contribution >= 0.6 is 0 Å². The molecule has 0 N–H and O–H groups in total. The Hall–Kier alpha value is -3.81. The molecular formula is C26H23F3N5. The van der Waals surface area contributed by atoms with E-state index in [1.54, 1.807) is 47.6 Å². The molecule has 0 atom stereocenters. The monoisotopic (exact) mass is 462 g/mol. The van der Waals surface area contributed by atoms with Gasteiger partial charge in [0, 0.05) is 23.4 Å². The second kappa shape index (κ2) is 7.90. The molecule has 0 fully saturated rings. The van der Waals surface area contributed by atoms with E-state index in [1.807, 2.05) is 39.0 Å². The highest BCUT2D eigenvalue weighted by Gasteiger charge is 2.37. The maximum Gasteiger partial charge on any atom is 0.418 e. The average molecular weight is 462 g/mol. The van der Waals surface area contributed by atoms with Gasteiger partial charge in [-0.1, -0.05) is 39.0 Å². The lowest BCUT2D eigenvalue weighted by Crippen LogP contribution is -2.19. The number of rotatable bonds is 2. The number of nitrogens with zero attached hydrogens (tertiary/aromatic N) is 5. The van der Waals surface area contributed by atoms with Gasteiger partial charge in [-0.15, -0.1) is 0 Å². The van der Waals surface area contributed by atoms with Crippen LogP contribution in [0.15, 0.2) is 73.1 Å². The van der Waals surface area contributed by atoms with Crippen molar-refractivity contribution < 1.29 is 13.2 Å². The minimum Gasteiger partial charge on any atom is -0.292 e. The predicted molar refractivity (Wildman–Crippen MR) is 125 cm³/mol. The summed E-state index contributed by atoms with van der Waals surface area (Å²) >= 11 is 0. The summed E-state index contributed by atoms with van der Waals surface area (Å²) < 4.78 is 44.8. The summed E-state index contributed by atoms with van der Waals surface area (Å²) in [7, 11) is 0. The van der Waals surface area contributed by atoms with E-state index in [9.17, 15) is 13.2 Å².